The summed E-state index contributed by atoms with van der Waals surface area (Å²) < 4.78 is 30.8. The van der Waals surface area contributed by atoms with Gasteiger partial charge in [-0.2, -0.15) is 5.10 Å². The molecule has 3 aromatic heterocycles. The summed E-state index contributed by atoms with van der Waals surface area (Å²) in [5.74, 6) is -1.46. The van der Waals surface area contributed by atoms with Crippen LogP contribution in [0.25, 0.3) is 16.6 Å². The Kier molecular flexibility index (Phi) is 5.08. The molecule has 0 bridgehead atoms. The molecular weight excluding hydrogens is 428 g/mol. The monoisotopic (exact) mass is 451 g/mol. The fourth-order valence-electron chi connectivity index (χ4n) is 4.72. The molecule has 1 N–H and O–H groups in total. The topological polar surface area (TPSA) is 46.4 Å². The third kappa shape index (κ3) is 3.23. The molecule has 0 radical (unpaired) electrons. The summed E-state index contributed by atoms with van der Waals surface area (Å²) in [5.41, 5.74) is 3.84. The number of carbonyl (C=O) groups is 1. The number of halogens is 2. The number of benzene rings is 1. The van der Waals surface area contributed by atoms with Crippen LogP contribution in [0.5, 0.6) is 0 Å². The van der Waals surface area contributed by atoms with E-state index in [4.69, 9.17) is 0 Å². The maximum Gasteiger partial charge on any atom is 0.253 e. The van der Waals surface area contributed by atoms with Gasteiger partial charge in [0, 0.05) is 10.4 Å². The van der Waals surface area contributed by atoms with E-state index in [-0.39, 0.29) is 23.4 Å². The molecule has 4 nitrogen and oxygen atoms in total. The molecule has 32 heavy (non-hydrogen) atoms. The van der Waals surface area contributed by atoms with Gasteiger partial charge in [0.2, 0.25) is 0 Å². The van der Waals surface area contributed by atoms with E-state index in [1.54, 1.807) is 34.9 Å². The molecule has 5 rings (SSSR count). The molecule has 1 aliphatic rings. The van der Waals surface area contributed by atoms with Crippen LogP contribution in [-0.4, -0.2) is 15.5 Å². The van der Waals surface area contributed by atoms with Crippen molar-refractivity contribution in [1.82, 2.24) is 14.9 Å². The lowest BCUT2D eigenvalue weighted by Crippen LogP contribution is -2.29. The number of rotatable bonds is 4. The minimum Gasteiger partial charge on any atom is -0.345 e. The first kappa shape index (κ1) is 20.8. The molecule has 1 atom stereocenters. The number of hydrogen-bond acceptors (Lipinski definition) is 3. The zero-order valence-electron chi connectivity index (χ0n) is 18.1. The first-order valence-electron chi connectivity index (χ1n) is 10.7. The maximum atomic E-state index is 14.6. The molecule has 0 aliphatic heterocycles. The summed E-state index contributed by atoms with van der Waals surface area (Å²) in [7, 11) is 0. The third-order valence-electron chi connectivity index (χ3n) is 6.13. The van der Waals surface area contributed by atoms with Crippen LogP contribution in [-0.2, 0) is 6.42 Å². The van der Waals surface area contributed by atoms with Crippen molar-refractivity contribution < 1.29 is 13.6 Å². The van der Waals surface area contributed by atoms with Crippen LogP contribution in [0, 0.1) is 18.6 Å². The zero-order chi connectivity index (χ0) is 22.6. The van der Waals surface area contributed by atoms with Gasteiger partial charge in [-0.3, -0.25) is 4.79 Å². The van der Waals surface area contributed by atoms with Crippen molar-refractivity contribution in [1.29, 1.82) is 0 Å². The number of hydrogen-bond donors (Lipinski definition) is 1. The molecule has 0 spiro atoms. The van der Waals surface area contributed by atoms with Crippen LogP contribution in [0.15, 0.2) is 41.8 Å². The Balaban J connectivity index is 1.61. The predicted molar refractivity (Wildman–Crippen MR) is 122 cm³/mol. The molecular formula is C25H23F2N3OS. The van der Waals surface area contributed by atoms with Crippen LogP contribution in [0.3, 0.4) is 0 Å². The second-order valence-electron chi connectivity index (χ2n) is 8.50. The molecule has 0 fully saturated rings. The normalized spacial score (nSPS) is 15.5. The Labute approximate surface area is 188 Å². The van der Waals surface area contributed by atoms with Crippen LogP contribution in [0.2, 0.25) is 0 Å². The summed E-state index contributed by atoms with van der Waals surface area (Å²) in [6.07, 6.45) is 1.87. The van der Waals surface area contributed by atoms with Crippen LogP contribution in [0.1, 0.15) is 64.4 Å². The van der Waals surface area contributed by atoms with E-state index >= 15 is 0 Å². The van der Waals surface area contributed by atoms with E-state index in [0.29, 0.717) is 22.3 Å². The summed E-state index contributed by atoms with van der Waals surface area (Å²) in [5, 5.41) is 9.84. The highest BCUT2D eigenvalue weighted by atomic mass is 32.1. The van der Waals surface area contributed by atoms with Crippen molar-refractivity contribution in [2.75, 3.05) is 0 Å². The predicted octanol–water partition coefficient (Wildman–Crippen LogP) is 6.19. The zero-order valence-corrected chi connectivity index (χ0v) is 18.9. The van der Waals surface area contributed by atoms with E-state index in [1.807, 2.05) is 13.8 Å². The molecule has 0 saturated carbocycles. The lowest BCUT2D eigenvalue weighted by atomic mass is 9.99. The standard InChI is InChI=1S/C25H23F2N3OS/c1-13(2)24-16(25(31)28-19-8-10-21-15(19)11-12-32-21)7-9-20-22(14(3)29-30(20)24)23-17(26)5-4-6-18(23)27/h4-7,9,11-13,19H,8,10H2,1-3H3,(H,28,31). The van der Waals surface area contributed by atoms with E-state index in [1.165, 1.54) is 28.6 Å². The third-order valence-corrected chi connectivity index (χ3v) is 7.13. The van der Waals surface area contributed by atoms with Gasteiger partial charge in [0.15, 0.2) is 0 Å². The fraction of sp³-hybridized carbons (Fsp3) is 0.280. The number of amides is 1. The van der Waals surface area contributed by atoms with E-state index in [9.17, 15) is 13.6 Å². The number of thiophene rings is 1. The number of nitrogens with one attached hydrogen (secondary N) is 1. The first-order valence-corrected chi connectivity index (χ1v) is 11.6. The second-order valence-corrected chi connectivity index (χ2v) is 9.51. The van der Waals surface area contributed by atoms with Crippen molar-refractivity contribution in [3.8, 4) is 11.1 Å². The van der Waals surface area contributed by atoms with Crippen molar-refractivity contribution in [3.63, 3.8) is 0 Å². The molecule has 4 aromatic rings. The number of pyridine rings is 1. The van der Waals surface area contributed by atoms with Gasteiger partial charge >= 0.3 is 0 Å². The largest absolute Gasteiger partial charge is 0.345 e. The molecule has 7 heteroatoms. The van der Waals surface area contributed by atoms with E-state index < -0.39 is 11.6 Å². The summed E-state index contributed by atoms with van der Waals surface area (Å²) in [4.78, 5) is 14.6. The average Bonchev–Trinajstić information content (AvgIpc) is 3.43. The summed E-state index contributed by atoms with van der Waals surface area (Å²) in [6.45, 7) is 5.70. The maximum absolute atomic E-state index is 14.6. The number of aromatic nitrogens is 2. The highest BCUT2D eigenvalue weighted by molar-refractivity contribution is 7.10. The molecule has 1 aliphatic carbocycles. The van der Waals surface area contributed by atoms with Gasteiger partial charge in [0.25, 0.3) is 5.91 Å². The summed E-state index contributed by atoms with van der Waals surface area (Å²) in [6, 6.07) is 9.39. The second kappa shape index (κ2) is 7.81. The van der Waals surface area contributed by atoms with Gasteiger partial charge in [-0.05, 0) is 67.0 Å². The Morgan fingerprint density at radius 1 is 1.16 bits per heavy atom. The fourth-order valence-corrected chi connectivity index (χ4v) is 5.68. The highest BCUT2D eigenvalue weighted by Gasteiger charge is 2.28. The van der Waals surface area contributed by atoms with E-state index in [2.05, 4.69) is 21.9 Å². The number of fused-ring (bicyclic) bond motifs is 2. The quantitative estimate of drug-likeness (QED) is 0.402. The molecule has 0 saturated heterocycles. The molecule has 3 heterocycles. The van der Waals surface area contributed by atoms with E-state index in [0.717, 1.165) is 18.5 Å². The number of aryl methyl sites for hydroxylation is 2. The minimum absolute atomic E-state index is 0.00175. The van der Waals surface area contributed by atoms with Gasteiger partial charge in [-0.25, -0.2) is 13.3 Å². The Morgan fingerprint density at radius 2 is 1.91 bits per heavy atom. The van der Waals surface area contributed by atoms with Crippen molar-refractivity contribution in [2.24, 2.45) is 0 Å². The number of carbonyl (C=O) groups excluding carboxylic acids is 1. The SMILES string of the molecule is Cc1nn2c(C(C)C)c(C(=O)NC3CCc4sccc43)ccc2c1-c1c(F)cccc1F. The highest BCUT2D eigenvalue weighted by Crippen LogP contribution is 2.37. The van der Waals surface area contributed by atoms with Crippen LogP contribution >= 0.6 is 11.3 Å². The lowest BCUT2D eigenvalue weighted by molar-refractivity contribution is 0.0934. The molecule has 1 aromatic carbocycles. The Morgan fingerprint density at radius 3 is 2.62 bits per heavy atom. The van der Waals surface area contributed by atoms with Gasteiger partial charge in [-0.15, -0.1) is 11.3 Å². The molecule has 1 amide bonds. The molecule has 164 valence electrons. The van der Waals surface area contributed by atoms with Gasteiger partial charge in [0.1, 0.15) is 11.6 Å². The first-order chi connectivity index (χ1) is 15.4. The Hall–Kier alpha value is -3.06. The molecule has 1 unspecified atom stereocenters. The smallest absolute Gasteiger partial charge is 0.253 e. The van der Waals surface area contributed by atoms with Crippen molar-refractivity contribution in [2.45, 2.75) is 45.6 Å². The van der Waals surface area contributed by atoms with Crippen LogP contribution in [0.4, 0.5) is 8.78 Å². The Bertz CT molecular complexity index is 1330. The summed E-state index contributed by atoms with van der Waals surface area (Å²) >= 11 is 1.73. The van der Waals surface area contributed by atoms with Crippen molar-refractivity contribution in [3.05, 3.63) is 80.8 Å². The lowest BCUT2D eigenvalue weighted by Gasteiger charge is -2.18. The van der Waals surface area contributed by atoms with Gasteiger partial charge in [0.05, 0.1) is 34.1 Å². The van der Waals surface area contributed by atoms with Gasteiger partial charge in [-0.1, -0.05) is 19.9 Å². The minimum atomic E-state index is -0.635. The van der Waals surface area contributed by atoms with Crippen LogP contribution < -0.4 is 5.32 Å². The average molecular weight is 452 g/mol. The van der Waals surface area contributed by atoms with Crippen molar-refractivity contribution >= 4 is 22.8 Å². The number of nitrogens with zero attached hydrogens (tertiary/aromatic N) is 2. The van der Waals surface area contributed by atoms with Gasteiger partial charge < -0.3 is 5.32 Å².